The topological polar surface area (TPSA) is 39.9 Å². The van der Waals surface area contributed by atoms with E-state index in [4.69, 9.17) is 4.42 Å². The Hall–Kier alpha value is -9.12. The molecule has 13 aromatic rings. The zero-order chi connectivity index (χ0) is 50.4. The molecule has 0 saturated carbocycles. The predicted molar refractivity (Wildman–Crippen MR) is 313 cm³/mol. The first-order valence-corrected chi connectivity index (χ1v) is 25.6. The lowest BCUT2D eigenvalue weighted by Gasteiger charge is -2.31. The molecule has 356 valence electrons. The molecule has 1 N–H and O–H groups in total. The molecule has 0 radical (unpaired) electrons. The van der Waals surface area contributed by atoms with Gasteiger partial charge in [-0.25, -0.2) is 0 Å². The van der Waals surface area contributed by atoms with Crippen LogP contribution in [0.2, 0.25) is 0 Å². The minimum absolute atomic E-state index is 0.221. The van der Waals surface area contributed by atoms with E-state index < -0.39 is 0 Å². The van der Waals surface area contributed by atoms with Crippen molar-refractivity contribution in [3.8, 4) is 39.1 Å². The van der Waals surface area contributed by atoms with Gasteiger partial charge in [0.1, 0.15) is 11.3 Å². The average Bonchev–Trinajstić information content (AvgIpc) is 3.82. The number of rotatable bonds is 9. The van der Waals surface area contributed by atoms with Crippen molar-refractivity contribution in [2.24, 2.45) is 0 Å². The van der Waals surface area contributed by atoms with Crippen molar-refractivity contribution in [3.63, 3.8) is 0 Å². The molecule has 0 spiro atoms. The van der Waals surface area contributed by atoms with Crippen molar-refractivity contribution in [2.45, 2.75) is 41.5 Å². The van der Waals surface area contributed by atoms with Gasteiger partial charge in [-0.3, -0.25) is 0 Å². The lowest BCUT2D eigenvalue weighted by atomic mass is 9.91. The SMILES string of the molecule is Cc1ccc(C)c(N(c2cccc(-c3cccc(-c4ccccc4C)c3)c2O)c2ccc3ccc4c(N(c5cc(C)ccc5C)c5cccc6c5oc5c(-c7ccccc7C)cccc56)ccc5ccc2c3c54)c1. The molecule has 0 aliphatic carbocycles. The fraction of sp³-hybridized carbons (Fsp3) is 0.0857. The average molecular weight is 955 g/mol. The normalized spacial score (nSPS) is 11.7. The van der Waals surface area contributed by atoms with Gasteiger partial charge in [0.25, 0.3) is 0 Å². The number of para-hydroxylation sites is 3. The second-order valence-electron chi connectivity index (χ2n) is 20.2. The number of hydrogen-bond donors (Lipinski definition) is 1. The largest absolute Gasteiger partial charge is 0.505 e. The molecule has 0 unspecified atom stereocenters. The molecule has 0 atom stereocenters. The molecule has 12 aromatic carbocycles. The van der Waals surface area contributed by atoms with Crippen LogP contribution in [0.25, 0.3) is 87.6 Å². The number of hydrogen-bond acceptors (Lipinski definition) is 4. The van der Waals surface area contributed by atoms with Crippen molar-refractivity contribution in [3.05, 3.63) is 246 Å². The molecule has 4 heteroatoms. The lowest BCUT2D eigenvalue weighted by Crippen LogP contribution is -2.13. The lowest BCUT2D eigenvalue weighted by molar-refractivity contribution is 0.478. The number of fused-ring (bicyclic) bond motifs is 3. The van der Waals surface area contributed by atoms with Crippen LogP contribution in [-0.4, -0.2) is 5.11 Å². The molecular formula is C70H54N2O2. The van der Waals surface area contributed by atoms with Crippen LogP contribution in [0.3, 0.4) is 0 Å². The Bertz CT molecular complexity index is 4370. The Kier molecular flexibility index (Phi) is 10.6. The summed E-state index contributed by atoms with van der Waals surface area (Å²) in [5.41, 5.74) is 20.8. The zero-order valence-electron chi connectivity index (χ0n) is 42.5. The van der Waals surface area contributed by atoms with Crippen LogP contribution in [0.15, 0.2) is 217 Å². The highest BCUT2D eigenvalue weighted by atomic mass is 16.3. The van der Waals surface area contributed by atoms with E-state index in [1.54, 1.807) is 0 Å². The number of furan rings is 1. The second kappa shape index (κ2) is 17.6. The Labute approximate surface area is 432 Å². The van der Waals surface area contributed by atoms with Crippen molar-refractivity contribution in [2.75, 3.05) is 9.80 Å². The first-order valence-electron chi connectivity index (χ1n) is 25.6. The monoisotopic (exact) mass is 954 g/mol. The van der Waals surface area contributed by atoms with Crippen LogP contribution in [-0.2, 0) is 0 Å². The number of anilines is 6. The van der Waals surface area contributed by atoms with Gasteiger partial charge in [0.15, 0.2) is 5.58 Å². The molecule has 0 fully saturated rings. The maximum absolute atomic E-state index is 12.8. The summed E-state index contributed by atoms with van der Waals surface area (Å²) in [6.45, 7) is 13.0. The van der Waals surface area contributed by atoms with Gasteiger partial charge in [0.05, 0.1) is 22.7 Å². The van der Waals surface area contributed by atoms with E-state index in [0.29, 0.717) is 5.69 Å². The smallest absolute Gasteiger partial charge is 0.159 e. The van der Waals surface area contributed by atoms with E-state index in [1.807, 2.05) is 12.1 Å². The molecule has 0 amide bonds. The third kappa shape index (κ3) is 7.20. The minimum atomic E-state index is 0.221. The van der Waals surface area contributed by atoms with Gasteiger partial charge in [-0.05, 0) is 161 Å². The third-order valence-electron chi connectivity index (χ3n) is 15.4. The fourth-order valence-corrected chi connectivity index (χ4v) is 11.6. The zero-order valence-corrected chi connectivity index (χ0v) is 42.5. The first kappa shape index (κ1) is 44.8. The molecule has 0 saturated heterocycles. The van der Waals surface area contributed by atoms with Crippen molar-refractivity contribution < 1.29 is 9.52 Å². The van der Waals surface area contributed by atoms with Crippen LogP contribution < -0.4 is 9.80 Å². The predicted octanol–water partition coefficient (Wildman–Crippen LogP) is 20.0. The van der Waals surface area contributed by atoms with E-state index in [2.05, 4.69) is 252 Å². The highest BCUT2D eigenvalue weighted by Crippen LogP contribution is 2.52. The number of aromatic hydroxyl groups is 1. The van der Waals surface area contributed by atoms with Gasteiger partial charge in [0.2, 0.25) is 0 Å². The maximum atomic E-state index is 12.8. The minimum Gasteiger partial charge on any atom is -0.505 e. The summed E-state index contributed by atoms with van der Waals surface area (Å²) < 4.78 is 7.20. The molecule has 13 rings (SSSR count). The van der Waals surface area contributed by atoms with Crippen LogP contribution in [0.1, 0.15) is 33.4 Å². The van der Waals surface area contributed by atoms with E-state index in [1.165, 1.54) is 38.6 Å². The molecular weight excluding hydrogens is 901 g/mol. The summed E-state index contributed by atoms with van der Waals surface area (Å²) in [5, 5.41) is 21.8. The molecule has 0 bridgehead atoms. The summed E-state index contributed by atoms with van der Waals surface area (Å²) in [6, 6.07) is 76.2. The van der Waals surface area contributed by atoms with Gasteiger partial charge in [-0.15, -0.1) is 0 Å². The molecule has 1 heterocycles. The van der Waals surface area contributed by atoms with Gasteiger partial charge >= 0.3 is 0 Å². The van der Waals surface area contributed by atoms with Crippen LogP contribution >= 0.6 is 0 Å². The molecule has 4 nitrogen and oxygen atoms in total. The Morgan fingerprint density at radius 3 is 1.41 bits per heavy atom. The molecule has 1 aromatic heterocycles. The van der Waals surface area contributed by atoms with Crippen LogP contribution in [0.5, 0.6) is 5.75 Å². The third-order valence-corrected chi connectivity index (χ3v) is 15.4. The second-order valence-corrected chi connectivity index (χ2v) is 20.2. The number of benzene rings is 12. The summed E-state index contributed by atoms with van der Waals surface area (Å²) in [5.74, 6) is 0.221. The maximum Gasteiger partial charge on any atom is 0.159 e. The highest BCUT2D eigenvalue weighted by molar-refractivity contribution is 6.28. The molecule has 0 aliphatic heterocycles. The molecule has 0 aliphatic rings. The van der Waals surface area contributed by atoms with Gasteiger partial charge in [-0.2, -0.15) is 0 Å². The van der Waals surface area contributed by atoms with Crippen LogP contribution in [0.4, 0.5) is 34.1 Å². The Balaban J connectivity index is 1.04. The highest BCUT2D eigenvalue weighted by Gasteiger charge is 2.27. The summed E-state index contributed by atoms with van der Waals surface area (Å²) in [6.07, 6.45) is 0. The first-order chi connectivity index (χ1) is 36.1. The van der Waals surface area contributed by atoms with Crippen molar-refractivity contribution >= 4 is 88.4 Å². The van der Waals surface area contributed by atoms with Gasteiger partial charge < -0.3 is 19.3 Å². The number of phenolic OH excluding ortho intramolecular Hbond substituents is 1. The summed E-state index contributed by atoms with van der Waals surface area (Å²) in [4.78, 5) is 4.70. The Morgan fingerprint density at radius 2 is 0.784 bits per heavy atom. The Morgan fingerprint density at radius 1 is 0.311 bits per heavy atom. The molecule has 74 heavy (non-hydrogen) atoms. The van der Waals surface area contributed by atoms with Crippen molar-refractivity contribution in [1.29, 1.82) is 0 Å². The quantitative estimate of drug-likeness (QED) is 0.146. The summed E-state index contributed by atoms with van der Waals surface area (Å²) in [7, 11) is 0. The standard InChI is InChI=1S/C70H54N2O2/c1-42-27-29-46(5)64(39-42)71(62-25-13-21-54(68(62)73)51-18-11-17-50(41-51)52-19-9-7-15-44(52)3)60-37-33-48-32-36-59-61(38-34-49-31-35-58(60)66(48)67(49)59)72(65-40-43(2)28-30-47(65)6)63-26-14-24-57-56-23-12-22-55(69(56)74-70(57)63)53-20-10-8-16-45(53)4/h7-41,73H,1-6H3. The van der Waals surface area contributed by atoms with Crippen molar-refractivity contribution in [1.82, 2.24) is 0 Å². The van der Waals surface area contributed by atoms with Gasteiger partial charge in [-0.1, -0.05) is 170 Å². The van der Waals surface area contributed by atoms with E-state index >= 15 is 0 Å². The van der Waals surface area contributed by atoms with E-state index in [-0.39, 0.29) is 5.75 Å². The van der Waals surface area contributed by atoms with E-state index in [9.17, 15) is 5.11 Å². The number of aryl methyl sites for hydroxylation is 6. The summed E-state index contributed by atoms with van der Waals surface area (Å²) >= 11 is 0. The van der Waals surface area contributed by atoms with Crippen LogP contribution in [0, 0.1) is 41.5 Å². The number of phenols is 1. The fourth-order valence-electron chi connectivity index (χ4n) is 11.6. The van der Waals surface area contributed by atoms with Gasteiger partial charge in [0, 0.05) is 44.0 Å². The van der Waals surface area contributed by atoms with E-state index in [0.717, 1.165) is 111 Å². The number of nitrogens with zero attached hydrogens (tertiary/aromatic N) is 2.